The minimum Gasteiger partial charge on any atom is -0.468 e. The van der Waals surface area contributed by atoms with Gasteiger partial charge in [0.2, 0.25) is 0 Å². The predicted molar refractivity (Wildman–Crippen MR) is 243 cm³/mol. The Bertz CT molecular complexity index is 2180. The molecular formula is C50H58N8O10. The van der Waals surface area contributed by atoms with E-state index in [9.17, 15) is 19.2 Å². The van der Waals surface area contributed by atoms with Crippen molar-refractivity contribution in [2.75, 3.05) is 81.8 Å². The number of carbonyl (C=O) groups excluding carboxylic acids is 6. The first kappa shape index (κ1) is 48.1. The number of piperidine rings is 4. The van der Waals surface area contributed by atoms with Gasteiger partial charge in [-0.2, -0.15) is 0 Å². The average Bonchev–Trinajstić information content (AvgIpc) is 3.36. The molecule has 0 aliphatic carbocycles. The number of pyridine rings is 4. The van der Waals surface area contributed by atoms with E-state index in [-0.39, 0.29) is 26.2 Å². The van der Waals surface area contributed by atoms with Crippen LogP contribution in [0.2, 0.25) is 0 Å². The van der Waals surface area contributed by atoms with Crippen molar-refractivity contribution < 1.29 is 47.7 Å². The average molecular weight is 931 g/mol. The molecule has 4 aliphatic heterocycles. The van der Waals surface area contributed by atoms with Gasteiger partial charge in [-0.1, -0.05) is 37.1 Å². The topological polar surface area (TPSA) is 204 Å². The maximum absolute atomic E-state index is 15.4. The molecule has 4 saturated heterocycles. The number of hydrogen-bond acceptors (Lipinski definition) is 18. The van der Waals surface area contributed by atoms with Gasteiger partial charge in [0.05, 0.1) is 75.4 Å². The lowest BCUT2D eigenvalue weighted by Gasteiger charge is -2.61. The smallest absolute Gasteiger partial charge is 0.322 e. The number of carbonyl (C=O) groups is 6. The second-order valence-corrected chi connectivity index (χ2v) is 18.4. The van der Waals surface area contributed by atoms with Crippen molar-refractivity contribution in [2.24, 2.45) is 21.7 Å². The third kappa shape index (κ3) is 7.39. The maximum Gasteiger partial charge on any atom is 0.322 e. The number of unbranched alkanes of at least 4 members (excludes halogenated alkanes) is 3. The highest BCUT2D eigenvalue weighted by molar-refractivity contribution is 6.18. The summed E-state index contributed by atoms with van der Waals surface area (Å²) in [5.41, 5.74) is -5.68. The molecule has 0 N–H and O–H groups in total. The molecule has 4 aromatic heterocycles. The van der Waals surface area contributed by atoms with Crippen LogP contribution < -0.4 is 0 Å². The Hall–Kier alpha value is -6.34. The molecule has 4 aliphatic rings. The molecule has 8 unspecified atom stereocenters. The maximum atomic E-state index is 15.4. The van der Waals surface area contributed by atoms with Crippen molar-refractivity contribution in [3.05, 3.63) is 120 Å². The monoisotopic (exact) mass is 930 g/mol. The number of likely N-dealkylation sites (tertiary alicyclic amines) is 4. The first-order valence-electron chi connectivity index (χ1n) is 22.8. The Morgan fingerprint density at radius 3 is 0.912 bits per heavy atom. The van der Waals surface area contributed by atoms with Gasteiger partial charge in [-0.05, 0) is 88.6 Å². The molecule has 4 fully saturated rings. The predicted octanol–water partition coefficient (Wildman–Crippen LogP) is 3.39. The number of ketones is 2. The van der Waals surface area contributed by atoms with E-state index in [1.54, 1.807) is 112 Å². The molecule has 0 aromatic carbocycles. The van der Waals surface area contributed by atoms with Crippen LogP contribution in [-0.4, -0.2) is 157 Å². The molecular weight excluding hydrogens is 873 g/mol. The Morgan fingerprint density at radius 2 is 0.706 bits per heavy atom. The number of fused-ring (bicyclic) bond motifs is 4. The zero-order valence-corrected chi connectivity index (χ0v) is 39.3. The largest absolute Gasteiger partial charge is 0.468 e. The molecule has 8 atom stereocenters. The number of Topliss-reactive ketones (excluding diaryl/α,β-unsaturated/α-hetero) is 2. The van der Waals surface area contributed by atoms with Gasteiger partial charge in [-0.3, -0.25) is 58.5 Å². The minimum absolute atomic E-state index is 0.0347. The molecule has 358 valence electrons. The Morgan fingerprint density at radius 1 is 0.456 bits per heavy atom. The van der Waals surface area contributed by atoms with E-state index >= 15 is 9.59 Å². The van der Waals surface area contributed by atoms with Crippen molar-refractivity contribution >= 4 is 35.4 Å². The van der Waals surface area contributed by atoms with Gasteiger partial charge in [0.1, 0.15) is 0 Å². The normalized spacial score (nSPS) is 29.7. The summed E-state index contributed by atoms with van der Waals surface area (Å²) in [7, 11) is 8.49. The van der Waals surface area contributed by atoms with E-state index in [1.165, 1.54) is 28.4 Å². The van der Waals surface area contributed by atoms with Crippen LogP contribution in [-0.2, 0) is 47.7 Å². The molecule has 0 saturated carbocycles. The lowest BCUT2D eigenvalue weighted by molar-refractivity contribution is -0.206. The summed E-state index contributed by atoms with van der Waals surface area (Å²) in [4.78, 5) is 115. The number of rotatable bonds is 15. The summed E-state index contributed by atoms with van der Waals surface area (Å²) < 4.78 is 21.9. The molecule has 0 spiro atoms. The number of hydrogen-bond donors (Lipinski definition) is 0. The van der Waals surface area contributed by atoms with Gasteiger partial charge in [0, 0.05) is 51.0 Å². The van der Waals surface area contributed by atoms with Gasteiger partial charge >= 0.3 is 23.9 Å². The van der Waals surface area contributed by atoms with Crippen molar-refractivity contribution in [2.45, 2.75) is 49.9 Å². The summed E-state index contributed by atoms with van der Waals surface area (Å²) >= 11 is 0. The Kier molecular flexibility index (Phi) is 13.7. The van der Waals surface area contributed by atoms with Crippen LogP contribution in [0.15, 0.2) is 97.6 Å². The number of ether oxygens (including phenoxy) is 4. The van der Waals surface area contributed by atoms with Crippen LogP contribution in [0.25, 0.3) is 0 Å². The second kappa shape index (κ2) is 19.3. The van der Waals surface area contributed by atoms with Crippen LogP contribution >= 0.6 is 0 Å². The molecule has 0 radical (unpaired) electrons. The summed E-state index contributed by atoms with van der Waals surface area (Å²) in [5, 5.41) is 0. The SMILES string of the molecule is COC(=O)C12CN(C)CC(C(=O)OC)(C1=O)C(c1ccccn1)N(CCCCCCN1C(c3ccccn3)C3(C(=O)OC)CN(C)CC(C(=O)OC)(C3=O)C1c1ccccn1)C2c1ccccn1. The first-order valence-corrected chi connectivity index (χ1v) is 22.8. The van der Waals surface area contributed by atoms with Gasteiger partial charge in [-0.25, -0.2) is 0 Å². The molecule has 68 heavy (non-hydrogen) atoms. The quantitative estimate of drug-likeness (QED) is 0.0726. The third-order valence-electron chi connectivity index (χ3n) is 14.5. The summed E-state index contributed by atoms with van der Waals surface area (Å²) in [6.07, 6.45) is 8.73. The van der Waals surface area contributed by atoms with Crippen molar-refractivity contribution in [1.82, 2.24) is 39.5 Å². The number of methoxy groups -OCH3 is 4. The first-order chi connectivity index (χ1) is 32.8. The minimum atomic E-state index is -1.88. The number of aromatic nitrogens is 4. The van der Waals surface area contributed by atoms with E-state index in [2.05, 4.69) is 0 Å². The van der Waals surface area contributed by atoms with Crippen LogP contribution in [0, 0.1) is 21.7 Å². The highest BCUT2D eigenvalue weighted by atomic mass is 16.5. The molecule has 8 heterocycles. The third-order valence-corrected chi connectivity index (χ3v) is 14.5. The van der Waals surface area contributed by atoms with E-state index in [0.29, 0.717) is 61.5 Å². The molecule has 0 amide bonds. The Labute approximate surface area is 395 Å². The molecule has 8 rings (SSSR count). The van der Waals surface area contributed by atoms with Gasteiger partial charge in [-0.15, -0.1) is 0 Å². The van der Waals surface area contributed by atoms with Crippen LogP contribution in [0.1, 0.15) is 72.6 Å². The lowest BCUT2D eigenvalue weighted by atomic mass is 9.54. The fraction of sp³-hybridized carbons (Fsp3) is 0.480. The second-order valence-electron chi connectivity index (χ2n) is 18.4. The van der Waals surface area contributed by atoms with E-state index in [1.807, 2.05) is 19.6 Å². The highest BCUT2D eigenvalue weighted by Crippen LogP contribution is 2.62. The zero-order valence-electron chi connectivity index (χ0n) is 39.3. The molecule has 18 nitrogen and oxygen atoms in total. The molecule has 4 aromatic rings. The Balaban J connectivity index is 1.17. The number of esters is 4. The molecule has 18 heteroatoms. The van der Waals surface area contributed by atoms with Crippen LogP contribution in [0.4, 0.5) is 0 Å². The standard InChI is InChI=1S/C50H58N8O10/c1-55-29-47(43(61)65-3)37(33-19-9-13-23-51-33)57(38(34-20-10-14-24-52-34)48(30-55,41(47)59)44(62)66-4)27-17-7-8-18-28-58-39(35-21-11-15-25-53-35)49(45(63)67-5)31-56(2)32-50(42(49)60,46(64)68-6)40(58)36-22-12-16-26-54-36/h9-16,19-26,37-40H,7-8,17-18,27-32H2,1-6H3. The highest BCUT2D eigenvalue weighted by Gasteiger charge is 2.77. The van der Waals surface area contributed by atoms with Crippen LogP contribution in [0.5, 0.6) is 0 Å². The fourth-order valence-corrected chi connectivity index (χ4v) is 12.3. The fourth-order valence-electron chi connectivity index (χ4n) is 12.3. The van der Waals surface area contributed by atoms with Crippen molar-refractivity contribution in [1.29, 1.82) is 0 Å². The lowest BCUT2D eigenvalue weighted by Crippen LogP contribution is -2.75. The van der Waals surface area contributed by atoms with Gasteiger partial charge in [0.25, 0.3) is 0 Å². The van der Waals surface area contributed by atoms with Crippen molar-refractivity contribution in [3.63, 3.8) is 0 Å². The molecule has 4 bridgehead atoms. The zero-order chi connectivity index (χ0) is 48.4. The van der Waals surface area contributed by atoms with E-state index < -0.39 is 81.3 Å². The van der Waals surface area contributed by atoms with E-state index in [0.717, 1.165) is 0 Å². The summed E-state index contributed by atoms with van der Waals surface area (Å²) in [6, 6.07) is 17.4. The summed E-state index contributed by atoms with van der Waals surface area (Å²) in [6.45, 7) is 0.456. The van der Waals surface area contributed by atoms with Crippen molar-refractivity contribution in [3.8, 4) is 0 Å². The van der Waals surface area contributed by atoms with E-state index in [4.69, 9.17) is 38.9 Å². The number of nitrogens with zero attached hydrogens (tertiary/aromatic N) is 8. The van der Waals surface area contributed by atoms with Gasteiger partial charge < -0.3 is 28.7 Å². The van der Waals surface area contributed by atoms with Gasteiger partial charge in [0.15, 0.2) is 33.2 Å². The summed E-state index contributed by atoms with van der Waals surface area (Å²) in [5.74, 6) is -4.31. The van der Waals surface area contributed by atoms with Crippen LogP contribution in [0.3, 0.4) is 0 Å².